The number of allylic oxidation sites excluding steroid dienone is 3. The number of para-hydroxylation sites is 2. The Hall–Kier alpha value is -1.96. The van der Waals surface area contributed by atoms with Gasteiger partial charge >= 0.3 is 0 Å². The van der Waals surface area contributed by atoms with Crippen LogP contribution in [0.3, 0.4) is 0 Å². The SMILES string of the molecule is C=CC1=C(/C=C\C)Nc2ccccc2O1.CC.CC. The van der Waals surface area contributed by atoms with Crippen LogP contribution in [0.4, 0.5) is 5.69 Å². The van der Waals surface area contributed by atoms with Crippen LogP contribution in [0.2, 0.25) is 0 Å². The van der Waals surface area contributed by atoms with Crippen molar-refractivity contribution in [1.29, 1.82) is 0 Å². The molecule has 1 aromatic rings. The smallest absolute Gasteiger partial charge is 0.150 e. The first-order valence-corrected chi connectivity index (χ1v) is 6.88. The molecule has 2 heteroatoms. The van der Waals surface area contributed by atoms with Gasteiger partial charge in [0.2, 0.25) is 0 Å². The number of fused-ring (bicyclic) bond motifs is 1. The fraction of sp³-hybridized carbons (Fsp3) is 0.294. The van der Waals surface area contributed by atoms with Gasteiger partial charge < -0.3 is 10.1 Å². The van der Waals surface area contributed by atoms with E-state index >= 15 is 0 Å². The summed E-state index contributed by atoms with van der Waals surface area (Å²) in [5.74, 6) is 1.59. The summed E-state index contributed by atoms with van der Waals surface area (Å²) >= 11 is 0. The van der Waals surface area contributed by atoms with Crippen LogP contribution in [0.5, 0.6) is 5.75 Å². The summed E-state index contributed by atoms with van der Waals surface area (Å²) in [7, 11) is 0. The van der Waals surface area contributed by atoms with Crippen LogP contribution in [-0.2, 0) is 0 Å². The third-order valence-electron chi connectivity index (χ3n) is 2.16. The minimum Gasteiger partial charge on any atom is -0.453 e. The molecular weight excluding hydrogens is 234 g/mol. The van der Waals surface area contributed by atoms with Crippen molar-refractivity contribution in [3.05, 3.63) is 60.5 Å². The van der Waals surface area contributed by atoms with Crippen molar-refractivity contribution >= 4 is 5.69 Å². The van der Waals surface area contributed by atoms with Gasteiger partial charge in [-0.25, -0.2) is 0 Å². The topological polar surface area (TPSA) is 21.3 Å². The molecule has 1 aliphatic heterocycles. The molecule has 2 rings (SSSR count). The summed E-state index contributed by atoms with van der Waals surface area (Å²) in [6.07, 6.45) is 5.63. The molecule has 0 unspecified atom stereocenters. The number of hydrogen-bond acceptors (Lipinski definition) is 2. The molecule has 104 valence electrons. The van der Waals surface area contributed by atoms with Crippen molar-refractivity contribution in [3.8, 4) is 5.75 Å². The lowest BCUT2D eigenvalue weighted by Crippen LogP contribution is -2.11. The lowest BCUT2D eigenvalue weighted by molar-refractivity contribution is 0.436. The molecule has 1 aliphatic rings. The van der Waals surface area contributed by atoms with Crippen molar-refractivity contribution < 1.29 is 4.74 Å². The van der Waals surface area contributed by atoms with Crippen molar-refractivity contribution in [3.63, 3.8) is 0 Å². The Morgan fingerprint density at radius 3 is 2.32 bits per heavy atom. The predicted octanol–water partition coefficient (Wildman–Crippen LogP) is 5.52. The number of rotatable bonds is 2. The Labute approximate surface area is 117 Å². The first kappa shape index (κ1) is 17.0. The van der Waals surface area contributed by atoms with E-state index in [1.165, 1.54) is 0 Å². The standard InChI is InChI=1S/C13H13NO.2C2H6/c1-3-7-10-12(4-2)15-13-9-6-5-8-11(13)14-10;2*1-2/h3-9,14H,2H2,1H3;2*1-2H3/b7-3-;;. The normalized spacial score (nSPS) is 12.1. The lowest BCUT2D eigenvalue weighted by atomic mass is 10.2. The Morgan fingerprint density at radius 2 is 1.74 bits per heavy atom. The molecular formula is C17H25NO. The largest absolute Gasteiger partial charge is 0.453 e. The van der Waals surface area contributed by atoms with Gasteiger partial charge in [0.1, 0.15) is 5.76 Å². The molecule has 0 saturated heterocycles. The summed E-state index contributed by atoms with van der Waals surface area (Å²) in [4.78, 5) is 0. The van der Waals surface area contributed by atoms with E-state index in [1.807, 2.05) is 71.0 Å². The van der Waals surface area contributed by atoms with E-state index in [-0.39, 0.29) is 0 Å². The van der Waals surface area contributed by atoms with Crippen LogP contribution in [0, 0.1) is 0 Å². The second-order valence-electron chi connectivity index (χ2n) is 3.21. The Morgan fingerprint density at radius 1 is 1.11 bits per heavy atom. The fourth-order valence-corrected chi connectivity index (χ4v) is 1.48. The molecule has 1 aromatic carbocycles. The number of anilines is 1. The molecule has 0 bridgehead atoms. The quantitative estimate of drug-likeness (QED) is 0.755. The van der Waals surface area contributed by atoms with Crippen LogP contribution >= 0.6 is 0 Å². The Balaban J connectivity index is 0.000000741. The molecule has 19 heavy (non-hydrogen) atoms. The third-order valence-corrected chi connectivity index (χ3v) is 2.16. The molecule has 1 N–H and O–H groups in total. The minimum atomic E-state index is 0.756. The average Bonchev–Trinajstić information content (AvgIpc) is 2.51. The minimum absolute atomic E-state index is 0.756. The number of hydrogen-bond donors (Lipinski definition) is 1. The van der Waals surface area contributed by atoms with Gasteiger partial charge in [0.15, 0.2) is 5.75 Å². The Kier molecular flexibility index (Phi) is 8.98. The van der Waals surface area contributed by atoms with Gasteiger partial charge in [0, 0.05) is 0 Å². The number of benzene rings is 1. The second kappa shape index (κ2) is 10.0. The summed E-state index contributed by atoms with van der Waals surface area (Å²) in [6, 6.07) is 7.83. The molecule has 0 amide bonds. The van der Waals surface area contributed by atoms with Crippen LogP contribution in [-0.4, -0.2) is 0 Å². The highest BCUT2D eigenvalue weighted by atomic mass is 16.5. The van der Waals surface area contributed by atoms with Crippen molar-refractivity contribution in [2.75, 3.05) is 5.32 Å². The Bertz CT molecular complexity index is 444. The molecule has 0 fully saturated rings. The highest BCUT2D eigenvalue weighted by Crippen LogP contribution is 2.32. The van der Waals surface area contributed by atoms with Gasteiger partial charge in [-0.1, -0.05) is 52.5 Å². The zero-order valence-corrected chi connectivity index (χ0v) is 12.7. The predicted molar refractivity (Wildman–Crippen MR) is 85.4 cm³/mol. The van der Waals surface area contributed by atoms with E-state index < -0.39 is 0 Å². The maximum Gasteiger partial charge on any atom is 0.150 e. The molecule has 0 saturated carbocycles. The lowest BCUT2D eigenvalue weighted by Gasteiger charge is -2.21. The monoisotopic (exact) mass is 259 g/mol. The average molecular weight is 259 g/mol. The molecule has 0 aliphatic carbocycles. The van der Waals surface area contributed by atoms with Crippen LogP contribution in [0.15, 0.2) is 60.5 Å². The van der Waals surface area contributed by atoms with Gasteiger partial charge in [0.25, 0.3) is 0 Å². The van der Waals surface area contributed by atoms with E-state index in [4.69, 9.17) is 4.74 Å². The third kappa shape index (κ3) is 4.66. The highest BCUT2D eigenvalue weighted by Gasteiger charge is 2.14. The molecule has 0 atom stereocenters. The molecule has 0 spiro atoms. The van der Waals surface area contributed by atoms with Gasteiger partial charge in [-0.05, 0) is 31.2 Å². The van der Waals surface area contributed by atoms with E-state index in [0.717, 1.165) is 22.9 Å². The number of ether oxygens (including phenoxy) is 1. The number of nitrogens with one attached hydrogen (secondary N) is 1. The van der Waals surface area contributed by atoms with E-state index in [1.54, 1.807) is 6.08 Å². The van der Waals surface area contributed by atoms with E-state index in [0.29, 0.717) is 0 Å². The second-order valence-corrected chi connectivity index (χ2v) is 3.21. The van der Waals surface area contributed by atoms with Crippen LogP contribution in [0.25, 0.3) is 0 Å². The molecule has 0 radical (unpaired) electrons. The first-order valence-electron chi connectivity index (χ1n) is 6.88. The fourth-order valence-electron chi connectivity index (χ4n) is 1.48. The summed E-state index contributed by atoms with van der Waals surface area (Å²) < 4.78 is 5.69. The molecule has 2 nitrogen and oxygen atoms in total. The van der Waals surface area contributed by atoms with Crippen molar-refractivity contribution in [2.45, 2.75) is 34.6 Å². The zero-order chi connectivity index (χ0) is 14.7. The summed E-state index contributed by atoms with van der Waals surface area (Å²) in [5.41, 5.74) is 1.92. The van der Waals surface area contributed by atoms with Gasteiger partial charge in [-0.15, -0.1) is 0 Å². The maximum atomic E-state index is 5.69. The zero-order valence-electron chi connectivity index (χ0n) is 12.7. The van der Waals surface area contributed by atoms with Gasteiger partial charge in [0.05, 0.1) is 11.4 Å². The van der Waals surface area contributed by atoms with Crippen LogP contribution in [0.1, 0.15) is 34.6 Å². The first-order chi connectivity index (χ1) is 9.35. The summed E-state index contributed by atoms with van der Waals surface area (Å²) in [5, 5.41) is 3.30. The van der Waals surface area contributed by atoms with E-state index in [2.05, 4.69) is 11.9 Å². The summed E-state index contributed by atoms with van der Waals surface area (Å²) in [6.45, 7) is 13.7. The molecule has 1 heterocycles. The van der Waals surface area contributed by atoms with Gasteiger partial charge in [-0.2, -0.15) is 0 Å². The van der Waals surface area contributed by atoms with Crippen molar-refractivity contribution in [1.82, 2.24) is 0 Å². The van der Waals surface area contributed by atoms with Crippen molar-refractivity contribution in [2.24, 2.45) is 0 Å². The van der Waals surface area contributed by atoms with Gasteiger partial charge in [-0.3, -0.25) is 0 Å². The van der Waals surface area contributed by atoms with E-state index in [9.17, 15) is 0 Å². The maximum absolute atomic E-state index is 5.69. The van der Waals surface area contributed by atoms with Crippen LogP contribution < -0.4 is 10.1 Å². The highest BCUT2D eigenvalue weighted by molar-refractivity contribution is 5.65. The molecule has 0 aromatic heterocycles.